The van der Waals surface area contributed by atoms with Crippen LogP contribution in [0.4, 0.5) is 32.0 Å². The number of nitrogens with one attached hydrogen (secondary N) is 1. The van der Waals surface area contributed by atoms with Gasteiger partial charge in [0.15, 0.2) is 0 Å². The van der Waals surface area contributed by atoms with E-state index in [1.807, 2.05) is 5.32 Å². The number of rotatable bonds is 3. The zero-order valence-electron chi connectivity index (χ0n) is 14.9. The number of alkyl halides is 6. The maximum atomic E-state index is 12.9. The van der Waals surface area contributed by atoms with Gasteiger partial charge in [0.1, 0.15) is 6.54 Å². The molecule has 1 saturated carbocycles. The van der Waals surface area contributed by atoms with Gasteiger partial charge in [-0.25, -0.2) is 0 Å². The van der Waals surface area contributed by atoms with Crippen molar-refractivity contribution in [3.8, 4) is 0 Å². The standard InChI is InChI=1S/C18H16F6N2O3/c19-17(20,21)9-5-10(18(22,23)24)7-11(6-9)25-14(27)8-26-15(28)12-3-1-2-4-13(12)16(26)29/h5-7,12-13H,1-4,8H2,(H,25,27). The molecule has 0 spiro atoms. The van der Waals surface area contributed by atoms with Crippen LogP contribution in [-0.2, 0) is 26.7 Å². The summed E-state index contributed by atoms with van der Waals surface area (Å²) in [4.78, 5) is 37.6. The lowest BCUT2D eigenvalue weighted by Crippen LogP contribution is -2.38. The smallest absolute Gasteiger partial charge is 0.325 e. The van der Waals surface area contributed by atoms with E-state index in [2.05, 4.69) is 0 Å². The molecule has 5 nitrogen and oxygen atoms in total. The van der Waals surface area contributed by atoms with E-state index >= 15 is 0 Å². The molecule has 3 rings (SSSR count). The number of nitrogens with zero attached hydrogens (tertiary/aromatic N) is 1. The van der Waals surface area contributed by atoms with Crippen molar-refractivity contribution in [2.75, 3.05) is 11.9 Å². The van der Waals surface area contributed by atoms with Crippen LogP contribution in [0, 0.1) is 11.8 Å². The monoisotopic (exact) mass is 422 g/mol. The fourth-order valence-electron chi connectivity index (χ4n) is 3.76. The first kappa shape index (κ1) is 21.1. The lowest BCUT2D eigenvalue weighted by molar-refractivity contribution is -0.143. The third-order valence-corrected chi connectivity index (χ3v) is 5.11. The molecule has 1 aromatic carbocycles. The van der Waals surface area contributed by atoms with Crippen molar-refractivity contribution in [2.45, 2.75) is 38.0 Å². The van der Waals surface area contributed by atoms with E-state index in [1.54, 1.807) is 0 Å². The second-order valence-electron chi connectivity index (χ2n) is 7.10. The van der Waals surface area contributed by atoms with Gasteiger partial charge < -0.3 is 5.32 Å². The van der Waals surface area contributed by atoms with Gasteiger partial charge in [-0.3, -0.25) is 19.3 Å². The number of imide groups is 1. The number of hydrogen-bond donors (Lipinski definition) is 1. The third kappa shape index (κ3) is 4.38. The number of hydrogen-bond acceptors (Lipinski definition) is 3. The van der Waals surface area contributed by atoms with Gasteiger partial charge in [-0.1, -0.05) is 12.8 Å². The van der Waals surface area contributed by atoms with Gasteiger partial charge in [-0.2, -0.15) is 26.3 Å². The number of anilines is 1. The van der Waals surface area contributed by atoms with E-state index < -0.39 is 65.3 Å². The Morgan fingerprint density at radius 2 is 1.34 bits per heavy atom. The Labute approximate surface area is 161 Å². The highest BCUT2D eigenvalue weighted by atomic mass is 19.4. The molecule has 0 bridgehead atoms. The minimum absolute atomic E-state index is 0.0616. The quantitative estimate of drug-likeness (QED) is 0.595. The number of fused-ring (bicyclic) bond motifs is 1. The second kappa shape index (κ2) is 7.34. The highest BCUT2D eigenvalue weighted by molar-refractivity contribution is 6.08. The molecule has 1 aliphatic carbocycles. The summed E-state index contributed by atoms with van der Waals surface area (Å²) >= 11 is 0. The first-order valence-corrected chi connectivity index (χ1v) is 8.82. The molecule has 2 fully saturated rings. The van der Waals surface area contributed by atoms with E-state index in [-0.39, 0.29) is 6.07 Å². The molecule has 2 atom stereocenters. The zero-order chi connectivity index (χ0) is 21.6. The largest absolute Gasteiger partial charge is 0.416 e. The minimum atomic E-state index is -5.06. The fraction of sp³-hybridized carbons (Fsp3) is 0.500. The van der Waals surface area contributed by atoms with Crippen LogP contribution in [0.1, 0.15) is 36.8 Å². The molecule has 29 heavy (non-hydrogen) atoms. The molecule has 2 aliphatic rings. The van der Waals surface area contributed by atoms with Gasteiger partial charge in [0.25, 0.3) is 0 Å². The van der Waals surface area contributed by atoms with Crippen molar-refractivity contribution < 1.29 is 40.7 Å². The zero-order valence-corrected chi connectivity index (χ0v) is 14.9. The number of carbonyl (C=O) groups excluding carboxylic acids is 3. The Bertz CT molecular complexity index is 793. The summed E-state index contributed by atoms with van der Waals surface area (Å²) in [7, 11) is 0. The highest BCUT2D eigenvalue weighted by Gasteiger charge is 2.48. The maximum absolute atomic E-state index is 12.9. The second-order valence-corrected chi connectivity index (χ2v) is 7.10. The molecule has 3 amide bonds. The van der Waals surface area contributed by atoms with Gasteiger partial charge in [-0.15, -0.1) is 0 Å². The lowest BCUT2D eigenvalue weighted by atomic mass is 9.81. The molecule has 0 radical (unpaired) electrons. The molecular formula is C18H16F6N2O3. The van der Waals surface area contributed by atoms with E-state index in [0.717, 1.165) is 17.7 Å². The van der Waals surface area contributed by atoms with Gasteiger partial charge in [0, 0.05) is 5.69 Å². The van der Waals surface area contributed by atoms with Crippen LogP contribution in [-0.4, -0.2) is 29.2 Å². The molecule has 1 saturated heterocycles. The van der Waals surface area contributed by atoms with Gasteiger partial charge >= 0.3 is 12.4 Å². The number of likely N-dealkylation sites (tertiary alicyclic amines) is 1. The van der Waals surface area contributed by atoms with Crippen molar-refractivity contribution >= 4 is 23.4 Å². The van der Waals surface area contributed by atoms with Crippen LogP contribution in [0.15, 0.2) is 18.2 Å². The van der Waals surface area contributed by atoms with E-state index in [1.165, 1.54) is 0 Å². The first-order chi connectivity index (χ1) is 13.4. The highest BCUT2D eigenvalue weighted by Crippen LogP contribution is 2.39. The van der Waals surface area contributed by atoms with Crippen LogP contribution in [0.25, 0.3) is 0 Å². The molecule has 1 heterocycles. The molecule has 1 aliphatic heterocycles. The molecule has 158 valence electrons. The van der Waals surface area contributed by atoms with E-state index in [0.29, 0.717) is 25.0 Å². The molecular weight excluding hydrogens is 406 g/mol. The normalized spacial score (nSPS) is 22.6. The number of halogens is 6. The van der Waals surface area contributed by atoms with Gasteiger partial charge in [0.05, 0.1) is 23.0 Å². The van der Waals surface area contributed by atoms with Crippen molar-refractivity contribution in [3.05, 3.63) is 29.3 Å². The molecule has 2 unspecified atom stereocenters. The van der Waals surface area contributed by atoms with Crippen molar-refractivity contribution in [2.24, 2.45) is 11.8 Å². The minimum Gasteiger partial charge on any atom is -0.325 e. The van der Waals surface area contributed by atoms with Crippen molar-refractivity contribution in [3.63, 3.8) is 0 Å². The molecule has 1 aromatic rings. The number of carbonyl (C=O) groups is 3. The van der Waals surface area contributed by atoms with Crippen LogP contribution < -0.4 is 5.32 Å². The summed E-state index contributed by atoms with van der Waals surface area (Å²) in [5.74, 6) is -3.16. The summed E-state index contributed by atoms with van der Waals surface area (Å²) < 4.78 is 77.4. The van der Waals surface area contributed by atoms with Crippen molar-refractivity contribution in [1.82, 2.24) is 4.90 Å². The average molecular weight is 422 g/mol. The first-order valence-electron chi connectivity index (χ1n) is 8.82. The SMILES string of the molecule is O=C(CN1C(=O)C2CCCCC2C1=O)Nc1cc(C(F)(F)F)cc(C(F)(F)F)c1. The summed E-state index contributed by atoms with van der Waals surface area (Å²) in [6.07, 6.45) is -7.56. The number of amides is 3. The summed E-state index contributed by atoms with van der Waals surface area (Å²) in [6.45, 7) is -0.762. The molecule has 0 aromatic heterocycles. The Morgan fingerprint density at radius 1 is 0.897 bits per heavy atom. The molecule has 1 N–H and O–H groups in total. The Hall–Kier alpha value is -2.59. The van der Waals surface area contributed by atoms with E-state index in [4.69, 9.17) is 0 Å². The van der Waals surface area contributed by atoms with Gasteiger partial charge in [-0.05, 0) is 31.0 Å². The molecule has 11 heteroatoms. The van der Waals surface area contributed by atoms with Crippen LogP contribution in [0.5, 0.6) is 0 Å². The Kier molecular flexibility index (Phi) is 5.35. The Morgan fingerprint density at radius 3 is 1.76 bits per heavy atom. The third-order valence-electron chi connectivity index (χ3n) is 5.11. The van der Waals surface area contributed by atoms with Crippen molar-refractivity contribution in [1.29, 1.82) is 0 Å². The summed E-state index contributed by atoms with van der Waals surface area (Å²) in [5, 5.41) is 1.93. The predicted molar refractivity (Wildman–Crippen MR) is 87.2 cm³/mol. The maximum Gasteiger partial charge on any atom is 0.416 e. The van der Waals surface area contributed by atoms with Gasteiger partial charge in [0.2, 0.25) is 17.7 Å². The van der Waals surface area contributed by atoms with Crippen LogP contribution in [0.3, 0.4) is 0 Å². The average Bonchev–Trinajstić information content (AvgIpc) is 2.85. The topological polar surface area (TPSA) is 66.5 Å². The Balaban J connectivity index is 1.78. The number of benzene rings is 1. The van der Waals surface area contributed by atoms with E-state index in [9.17, 15) is 40.7 Å². The van der Waals surface area contributed by atoms with Crippen LogP contribution in [0.2, 0.25) is 0 Å². The predicted octanol–water partition coefficient (Wildman–Crippen LogP) is 3.84. The summed E-state index contributed by atoms with van der Waals surface area (Å²) in [6, 6.07) is 0.662. The summed E-state index contributed by atoms with van der Waals surface area (Å²) in [5.41, 5.74) is -3.89. The van der Waals surface area contributed by atoms with Crippen LogP contribution >= 0.6 is 0 Å². The fourth-order valence-corrected chi connectivity index (χ4v) is 3.76. The lowest BCUT2D eigenvalue weighted by Gasteiger charge is -2.19.